The summed E-state index contributed by atoms with van der Waals surface area (Å²) in [6.07, 6.45) is 13.5. The molecule has 0 bridgehead atoms. The van der Waals surface area contributed by atoms with Gasteiger partial charge < -0.3 is 18.6 Å². The van der Waals surface area contributed by atoms with Crippen LogP contribution >= 0.6 is 11.8 Å². The molecule has 2 saturated carbocycles. The van der Waals surface area contributed by atoms with Gasteiger partial charge >= 0.3 is 5.97 Å². The fourth-order valence-corrected chi connectivity index (χ4v) is 6.57. The summed E-state index contributed by atoms with van der Waals surface area (Å²) in [5.74, 6) is 1.20. The molecule has 2 aliphatic carbocycles. The molecule has 1 aromatic carbocycles. The number of rotatable bonds is 8. The first-order chi connectivity index (χ1) is 19.1. The maximum Gasteiger partial charge on any atom is 0.373 e. The lowest BCUT2D eigenvalue weighted by Crippen LogP contribution is -2.41. The Morgan fingerprint density at radius 1 is 1.03 bits per heavy atom. The number of hydrogen-bond acceptors (Lipinski definition) is 8. The van der Waals surface area contributed by atoms with Gasteiger partial charge in [-0.25, -0.2) is 4.79 Å². The highest BCUT2D eigenvalue weighted by Gasteiger charge is 2.39. The van der Waals surface area contributed by atoms with Crippen LogP contribution in [0.1, 0.15) is 86.1 Å². The predicted octanol–water partition coefficient (Wildman–Crippen LogP) is 6.59. The molecular weight excluding hydrogens is 516 g/mol. The molecule has 1 saturated heterocycles. The molecule has 3 fully saturated rings. The van der Waals surface area contributed by atoms with Gasteiger partial charge in [-0.05, 0) is 73.4 Å². The SMILES string of the molecule is COC(=O)c1ccc(COc2ccc(/C=C3/SC(=NC4CCCCC4)N(C4CCCCC4)C3=O)cc2OC)o1. The molecule has 208 valence electrons. The van der Waals surface area contributed by atoms with Crippen LogP contribution in [-0.2, 0) is 16.1 Å². The number of methoxy groups -OCH3 is 2. The van der Waals surface area contributed by atoms with Crippen LogP contribution in [0.25, 0.3) is 6.08 Å². The molecule has 1 amide bonds. The molecule has 2 heterocycles. The van der Waals surface area contributed by atoms with Gasteiger partial charge in [0, 0.05) is 6.04 Å². The average molecular weight is 553 g/mol. The van der Waals surface area contributed by atoms with Gasteiger partial charge in [0.25, 0.3) is 5.91 Å². The number of nitrogens with zero attached hydrogens (tertiary/aromatic N) is 2. The molecule has 0 N–H and O–H groups in total. The summed E-state index contributed by atoms with van der Waals surface area (Å²) in [5.41, 5.74) is 0.850. The first-order valence-corrected chi connectivity index (χ1v) is 14.7. The third kappa shape index (κ3) is 6.52. The lowest BCUT2D eigenvalue weighted by atomic mass is 9.94. The highest BCUT2D eigenvalue weighted by Crippen LogP contribution is 2.39. The monoisotopic (exact) mass is 552 g/mol. The standard InChI is InChI=1S/C30H36N2O6S/c1-35-26-17-20(13-15-24(26)37-19-23-14-16-25(38-23)29(34)36-2)18-27-28(33)32(22-11-7-4-8-12-22)30(39-27)31-21-9-5-3-6-10-21/h13-18,21-22H,3-12,19H2,1-2H3/b27-18+,31-30?. The number of benzene rings is 1. The first-order valence-electron chi connectivity index (χ1n) is 13.8. The second-order valence-corrected chi connectivity index (χ2v) is 11.2. The quantitative estimate of drug-likeness (QED) is 0.269. The number of furan rings is 1. The van der Waals surface area contributed by atoms with E-state index in [1.807, 2.05) is 29.2 Å². The lowest BCUT2D eigenvalue weighted by molar-refractivity contribution is -0.124. The fraction of sp³-hybridized carbons (Fsp3) is 0.500. The second kappa shape index (κ2) is 12.8. The zero-order valence-corrected chi connectivity index (χ0v) is 23.5. The molecule has 39 heavy (non-hydrogen) atoms. The highest BCUT2D eigenvalue weighted by atomic mass is 32.2. The Bertz CT molecular complexity index is 1240. The van der Waals surface area contributed by atoms with Crippen LogP contribution in [0.5, 0.6) is 11.5 Å². The number of carbonyl (C=O) groups is 2. The topological polar surface area (TPSA) is 90.6 Å². The van der Waals surface area contributed by atoms with Crippen LogP contribution < -0.4 is 9.47 Å². The van der Waals surface area contributed by atoms with E-state index in [1.54, 1.807) is 19.2 Å². The van der Waals surface area contributed by atoms with Gasteiger partial charge in [-0.3, -0.25) is 14.7 Å². The Balaban J connectivity index is 1.33. The van der Waals surface area contributed by atoms with E-state index in [0.29, 0.717) is 28.2 Å². The molecule has 0 spiro atoms. The highest BCUT2D eigenvalue weighted by molar-refractivity contribution is 8.18. The fourth-order valence-electron chi connectivity index (χ4n) is 5.46. The summed E-state index contributed by atoms with van der Waals surface area (Å²) in [5, 5.41) is 0.877. The van der Waals surface area contributed by atoms with Crippen molar-refractivity contribution in [3.63, 3.8) is 0 Å². The number of ether oxygens (including phenoxy) is 3. The van der Waals surface area contributed by atoms with Gasteiger partial charge in [0.2, 0.25) is 5.76 Å². The number of aliphatic imine (C=N–C) groups is 1. The van der Waals surface area contributed by atoms with E-state index in [9.17, 15) is 9.59 Å². The van der Waals surface area contributed by atoms with Crippen LogP contribution in [0, 0.1) is 0 Å². The number of hydrogen-bond donors (Lipinski definition) is 0. The van der Waals surface area contributed by atoms with Crippen molar-refractivity contribution < 1.29 is 28.2 Å². The maximum absolute atomic E-state index is 13.7. The number of esters is 1. The molecule has 0 atom stereocenters. The molecule has 3 aliphatic rings. The summed E-state index contributed by atoms with van der Waals surface area (Å²) in [7, 11) is 2.88. The van der Waals surface area contributed by atoms with Gasteiger partial charge in [0.05, 0.1) is 25.2 Å². The maximum atomic E-state index is 13.7. The molecule has 2 aromatic rings. The minimum atomic E-state index is -0.537. The van der Waals surface area contributed by atoms with Gasteiger partial charge in [-0.1, -0.05) is 44.6 Å². The molecule has 1 aliphatic heterocycles. The van der Waals surface area contributed by atoms with E-state index in [2.05, 4.69) is 4.74 Å². The summed E-state index contributed by atoms with van der Waals surface area (Å²) >= 11 is 1.51. The molecule has 5 rings (SSSR count). The van der Waals surface area contributed by atoms with Gasteiger partial charge in [0.1, 0.15) is 12.4 Å². The minimum Gasteiger partial charge on any atom is -0.493 e. The van der Waals surface area contributed by atoms with Crippen molar-refractivity contribution >= 4 is 34.9 Å². The normalized spacial score (nSPS) is 21.1. The largest absolute Gasteiger partial charge is 0.493 e. The zero-order chi connectivity index (χ0) is 27.2. The smallest absolute Gasteiger partial charge is 0.373 e. The van der Waals surface area contributed by atoms with Crippen LogP contribution in [0.4, 0.5) is 0 Å². The molecule has 1 aromatic heterocycles. The Morgan fingerprint density at radius 2 is 1.77 bits per heavy atom. The summed E-state index contributed by atoms with van der Waals surface area (Å²) in [6.45, 7) is 0.124. The van der Waals surface area contributed by atoms with Crippen LogP contribution in [0.2, 0.25) is 0 Å². The van der Waals surface area contributed by atoms with E-state index in [4.69, 9.17) is 18.9 Å². The Kier molecular flexibility index (Phi) is 8.96. The number of carbonyl (C=O) groups excluding carboxylic acids is 2. The van der Waals surface area contributed by atoms with E-state index >= 15 is 0 Å². The van der Waals surface area contributed by atoms with Gasteiger partial charge in [-0.15, -0.1) is 0 Å². The van der Waals surface area contributed by atoms with Crippen LogP contribution in [-0.4, -0.2) is 48.2 Å². The van der Waals surface area contributed by atoms with E-state index in [-0.39, 0.29) is 24.3 Å². The molecule has 0 unspecified atom stereocenters. The lowest BCUT2D eigenvalue weighted by Gasteiger charge is -2.31. The third-order valence-electron chi connectivity index (χ3n) is 7.55. The minimum absolute atomic E-state index is 0.0555. The Morgan fingerprint density at radius 3 is 2.49 bits per heavy atom. The van der Waals surface area contributed by atoms with Crippen molar-refractivity contribution in [2.24, 2.45) is 4.99 Å². The van der Waals surface area contributed by atoms with Crippen LogP contribution in [0.3, 0.4) is 0 Å². The summed E-state index contributed by atoms with van der Waals surface area (Å²) in [6, 6.07) is 9.35. The predicted molar refractivity (Wildman–Crippen MR) is 151 cm³/mol. The van der Waals surface area contributed by atoms with Crippen molar-refractivity contribution in [1.29, 1.82) is 0 Å². The van der Waals surface area contributed by atoms with Gasteiger partial charge in [0.15, 0.2) is 16.7 Å². The summed E-state index contributed by atoms with van der Waals surface area (Å²) < 4.78 is 21.6. The first kappa shape index (κ1) is 27.4. The number of amides is 1. The Labute approximate surface area is 233 Å². The molecule has 9 heteroatoms. The summed E-state index contributed by atoms with van der Waals surface area (Å²) in [4.78, 5) is 33.1. The molecule has 0 radical (unpaired) electrons. The molecule has 8 nitrogen and oxygen atoms in total. The van der Waals surface area contributed by atoms with Crippen LogP contribution in [0.15, 0.2) is 44.6 Å². The van der Waals surface area contributed by atoms with Gasteiger partial charge in [-0.2, -0.15) is 0 Å². The van der Waals surface area contributed by atoms with E-state index < -0.39 is 5.97 Å². The zero-order valence-electron chi connectivity index (χ0n) is 22.6. The van der Waals surface area contributed by atoms with Crippen molar-refractivity contribution in [3.8, 4) is 11.5 Å². The van der Waals surface area contributed by atoms with Crippen molar-refractivity contribution in [2.75, 3.05) is 14.2 Å². The van der Waals surface area contributed by atoms with Crippen molar-refractivity contribution in [2.45, 2.75) is 82.9 Å². The Hall–Kier alpha value is -3.20. The average Bonchev–Trinajstić information content (AvgIpc) is 3.57. The van der Waals surface area contributed by atoms with Crippen molar-refractivity contribution in [3.05, 3.63) is 52.3 Å². The van der Waals surface area contributed by atoms with E-state index in [1.165, 1.54) is 44.6 Å². The second-order valence-electron chi connectivity index (χ2n) is 10.2. The number of thioether (sulfide) groups is 1. The number of amidine groups is 1. The van der Waals surface area contributed by atoms with E-state index in [0.717, 1.165) is 49.3 Å². The van der Waals surface area contributed by atoms with Crippen molar-refractivity contribution in [1.82, 2.24) is 4.90 Å². The third-order valence-corrected chi connectivity index (χ3v) is 8.55. The molecular formula is C30H36N2O6S.